The summed E-state index contributed by atoms with van der Waals surface area (Å²) in [7, 11) is 0. The van der Waals surface area contributed by atoms with Gasteiger partial charge in [0.05, 0.1) is 5.02 Å². The minimum atomic E-state index is -0.122. The Morgan fingerprint density at radius 2 is 1.83 bits per heavy atom. The largest absolute Gasteiger partial charge is 0.504 e. The van der Waals surface area contributed by atoms with Crippen LogP contribution in [0, 0.1) is 0 Å². The highest BCUT2D eigenvalue weighted by Crippen LogP contribution is 2.27. The third kappa shape index (κ3) is 3.09. The van der Waals surface area contributed by atoms with Crippen LogP contribution >= 0.6 is 27.5 Å². The molecule has 0 saturated heterocycles. The van der Waals surface area contributed by atoms with Crippen molar-refractivity contribution >= 4 is 33.2 Å². The molecule has 0 unspecified atom stereocenters. The highest BCUT2D eigenvalue weighted by molar-refractivity contribution is 9.10. The first-order chi connectivity index (χ1) is 8.56. The van der Waals surface area contributed by atoms with E-state index in [-0.39, 0.29) is 11.5 Å². The van der Waals surface area contributed by atoms with Crippen LogP contribution in [0.1, 0.15) is 5.56 Å². The first-order valence-corrected chi connectivity index (χ1v) is 6.43. The Kier molecular flexibility index (Phi) is 3.99. The molecule has 0 saturated carbocycles. The third-order valence-corrected chi connectivity index (χ3v) is 3.69. The molecule has 0 bridgehead atoms. The smallest absolute Gasteiger partial charge is 0.157 e. The van der Waals surface area contributed by atoms with Crippen LogP contribution in [0.15, 0.2) is 40.9 Å². The lowest BCUT2D eigenvalue weighted by Crippen LogP contribution is -1.99. The van der Waals surface area contributed by atoms with Gasteiger partial charge in [-0.05, 0) is 51.8 Å². The fraction of sp³-hybridized carbons (Fsp3) is 0.0769. The summed E-state index contributed by atoms with van der Waals surface area (Å²) >= 11 is 9.30. The van der Waals surface area contributed by atoms with E-state index < -0.39 is 0 Å². The second-order valence-corrected chi connectivity index (χ2v) is 5.07. The number of nitrogens with one attached hydrogen (secondary N) is 1. The topological polar surface area (TPSA) is 52.5 Å². The lowest BCUT2D eigenvalue weighted by atomic mass is 10.2. The maximum Gasteiger partial charge on any atom is 0.157 e. The van der Waals surface area contributed by atoms with Crippen molar-refractivity contribution in [3.8, 4) is 11.5 Å². The molecule has 94 valence electrons. The fourth-order valence-corrected chi connectivity index (χ4v) is 1.92. The first kappa shape index (κ1) is 13.1. The average molecular weight is 329 g/mol. The number of hydrogen-bond acceptors (Lipinski definition) is 3. The van der Waals surface area contributed by atoms with E-state index in [1.165, 1.54) is 12.1 Å². The van der Waals surface area contributed by atoms with Crippen LogP contribution in [-0.2, 0) is 6.54 Å². The van der Waals surface area contributed by atoms with Crippen LogP contribution in [0.25, 0.3) is 0 Å². The van der Waals surface area contributed by atoms with Gasteiger partial charge in [-0.1, -0.05) is 17.7 Å². The molecule has 5 heteroatoms. The van der Waals surface area contributed by atoms with Crippen molar-refractivity contribution < 1.29 is 10.2 Å². The van der Waals surface area contributed by atoms with Gasteiger partial charge in [0.2, 0.25) is 0 Å². The fourth-order valence-electron chi connectivity index (χ4n) is 1.49. The van der Waals surface area contributed by atoms with Crippen LogP contribution in [0.2, 0.25) is 5.02 Å². The number of phenolic OH excluding ortho intramolecular Hbond substituents is 2. The Labute approximate surface area is 118 Å². The number of hydrogen-bond donors (Lipinski definition) is 3. The Bertz CT molecular complexity index is 523. The normalized spacial score (nSPS) is 10.3. The summed E-state index contributed by atoms with van der Waals surface area (Å²) in [5.74, 6) is -0.242. The summed E-state index contributed by atoms with van der Waals surface area (Å²) in [5, 5.41) is 22.4. The van der Waals surface area contributed by atoms with Crippen LogP contribution in [-0.4, -0.2) is 10.2 Å². The highest BCUT2D eigenvalue weighted by Gasteiger charge is 2.02. The number of aromatic hydroxyl groups is 2. The number of benzene rings is 2. The Morgan fingerprint density at radius 1 is 1.06 bits per heavy atom. The molecule has 0 spiro atoms. The standard InChI is InChI=1S/C13H11BrClNO2/c14-10-3-2-9(6-11(10)15)16-7-8-1-4-12(17)13(18)5-8/h1-6,16-18H,7H2. The van der Waals surface area contributed by atoms with Gasteiger partial charge in [0, 0.05) is 16.7 Å². The van der Waals surface area contributed by atoms with E-state index in [1.54, 1.807) is 6.07 Å². The van der Waals surface area contributed by atoms with E-state index in [4.69, 9.17) is 11.6 Å². The van der Waals surface area contributed by atoms with Gasteiger partial charge in [0.1, 0.15) is 0 Å². The van der Waals surface area contributed by atoms with Gasteiger partial charge in [-0.15, -0.1) is 0 Å². The predicted octanol–water partition coefficient (Wildman–Crippen LogP) is 4.13. The van der Waals surface area contributed by atoms with Crippen molar-refractivity contribution in [2.45, 2.75) is 6.54 Å². The Morgan fingerprint density at radius 3 is 2.50 bits per heavy atom. The van der Waals surface area contributed by atoms with Gasteiger partial charge in [-0.2, -0.15) is 0 Å². The molecule has 0 radical (unpaired) electrons. The first-order valence-electron chi connectivity index (χ1n) is 5.26. The molecule has 0 atom stereocenters. The zero-order valence-electron chi connectivity index (χ0n) is 9.32. The number of halogens is 2. The molecule has 0 fully saturated rings. The summed E-state index contributed by atoms with van der Waals surface area (Å²) in [6.07, 6.45) is 0. The zero-order valence-corrected chi connectivity index (χ0v) is 11.7. The molecule has 0 aromatic heterocycles. The van der Waals surface area contributed by atoms with E-state index >= 15 is 0 Å². The van der Waals surface area contributed by atoms with Crippen molar-refractivity contribution in [1.82, 2.24) is 0 Å². The van der Waals surface area contributed by atoms with Crippen LogP contribution in [0.4, 0.5) is 5.69 Å². The van der Waals surface area contributed by atoms with Gasteiger partial charge in [0.15, 0.2) is 11.5 Å². The van der Waals surface area contributed by atoms with Crippen LogP contribution in [0.5, 0.6) is 11.5 Å². The van der Waals surface area contributed by atoms with Gasteiger partial charge < -0.3 is 15.5 Å². The summed E-state index contributed by atoms with van der Waals surface area (Å²) in [5.41, 5.74) is 1.75. The second kappa shape index (κ2) is 5.50. The van der Waals surface area contributed by atoms with Gasteiger partial charge in [0.25, 0.3) is 0 Å². The predicted molar refractivity (Wildman–Crippen MR) is 76.3 cm³/mol. The SMILES string of the molecule is Oc1ccc(CNc2ccc(Br)c(Cl)c2)cc1O. The van der Waals surface area contributed by atoms with E-state index in [2.05, 4.69) is 21.2 Å². The molecule has 3 N–H and O–H groups in total. The molecule has 0 aliphatic heterocycles. The van der Waals surface area contributed by atoms with E-state index in [0.29, 0.717) is 11.6 Å². The lowest BCUT2D eigenvalue weighted by Gasteiger charge is -2.08. The molecule has 3 nitrogen and oxygen atoms in total. The molecule has 0 aliphatic rings. The number of rotatable bonds is 3. The van der Waals surface area contributed by atoms with Gasteiger partial charge in [-0.25, -0.2) is 0 Å². The van der Waals surface area contributed by atoms with Crippen LogP contribution < -0.4 is 5.32 Å². The molecule has 2 aromatic rings. The maximum atomic E-state index is 9.37. The van der Waals surface area contributed by atoms with Crippen molar-refractivity contribution in [2.24, 2.45) is 0 Å². The molecular formula is C13H11BrClNO2. The number of phenols is 2. The van der Waals surface area contributed by atoms with Crippen molar-refractivity contribution in [2.75, 3.05) is 5.32 Å². The molecule has 0 amide bonds. The van der Waals surface area contributed by atoms with Crippen molar-refractivity contribution in [3.05, 3.63) is 51.5 Å². The Balaban J connectivity index is 2.06. The van der Waals surface area contributed by atoms with Gasteiger partial charge in [-0.3, -0.25) is 0 Å². The molecule has 2 aromatic carbocycles. The zero-order chi connectivity index (χ0) is 13.1. The molecule has 18 heavy (non-hydrogen) atoms. The quantitative estimate of drug-likeness (QED) is 0.743. The average Bonchev–Trinajstić information content (AvgIpc) is 2.35. The van der Waals surface area contributed by atoms with E-state index in [9.17, 15) is 10.2 Å². The third-order valence-electron chi connectivity index (χ3n) is 2.46. The van der Waals surface area contributed by atoms with Crippen molar-refractivity contribution in [3.63, 3.8) is 0 Å². The Hall–Kier alpha value is -1.39. The summed E-state index contributed by atoms with van der Waals surface area (Å²) in [4.78, 5) is 0. The molecule has 2 rings (SSSR count). The molecular weight excluding hydrogens is 318 g/mol. The minimum absolute atomic E-state index is 0.120. The summed E-state index contributed by atoms with van der Waals surface area (Å²) in [6, 6.07) is 10.3. The molecule has 0 aliphatic carbocycles. The second-order valence-electron chi connectivity index (χ2n) is 3.81. The van der Waals surface area contributed by atoms with Crippen LogP contribution in [0.3, 0.4) is 0 Å². The van der Waals surface area contributed by atoms with E-state index in [0.717, 1.165) is 15.7 Å². The van der Waals surface area contributed by atoms with Crippen molar-refractivity contribution in [1.29, 1.82) is 0 Å². The minimum Gasteiger partial charge on any atom is -0.504 e. The van der Waals surface area contributed by atoms with E-state index in [1.807, 2.05) is 18.2 Å². The molecule has 0 heterocycles. The highest BCUT2D eigenvalue weighted by atomic mass is 79.9. The maximum absolute atomic E-state index is 9.37. The lowest BCUT2D eigenvalue weighted by molar-refractivity contribution is 0.403. The van der Waals surface area contributed by atoms with Gasteiger partial charge >= 0.3 is 0 Å². The summed E-state index contributed by atoms with van der Waals surface area (Å²) < 4.78 is 0.844. The monoisotopic (exact) mass is 327 g/mol. The number of anilines is 1. The summed E-state index contributed by atoms with van der Waals surface area (Å²) in [6.45, 7) is 0.534.